The summed E-state index contributed by atoms with van der Waals surface area (Å²) in [5.41, 5.74) is 2.78. The van der Waals surface area contributed by atoms with Gasteiger partial charge in [-0.15, -0.1) is 0 Å². The zero-order chi connectivity index (χ0) is 12.5. The number of carbonyl (C=O) groups excluding carboxylic acids is 1. The molecule has 1 aliphatic heterocycles. The number of aryl methyl sites for hydroxylation is 2. The van der Waals surface area contributed by atoms with Crippen molar-refractivity contribution in [2.45, 2.75) is 19.8 Å². The molecule has 2 heterocycles. The molecule has 0 saturated carbocycles. The van der Waals surface area contributed by atoms with Crippen molar-refractivity contribution in [3.63, 3.8) is 0 Å². The summed E-state index contributed by atoms with van der Waals surface area (Å²) in [6.45, 7) is 2.51. The Labute approximate surface area is 105 Å². The van der Waals surface area contributed by atoms with Gasteiger partial charge in [0.25, 0.3) is 5.91 Å². The van der Waals surface area contributed by atoms with Crippen LogP contribution in [0.2, 0.25) is 0 Å². The molecule has 0 N–H and O–H groups in total. The Morgan fingerprint density at radius 3 is 3.00 bits per heavy atom. The molecule has 1 aromatic heterocycles. The minimum atomic E-state index is -0.0269. The first-order valence-corrected chi connectivity index (χ1v) is 6.08. The van der Waals surface area contributed by atoms with Gasteiger partial charge in [-0.25, -0.2) is 0 Å². The average molecular weight is 242 g/mol. The van der Waals surface area contributed by atoms with Crippen LogP contribution in [0.3, 0.4) is 0 Å². The summed E-state index contributed by atoms with van der Waals surface area (Å²) in [6.07, 6.45) is 3.52. The van der Waals surface area contributed by atoms with Crippen LogP contribution in [0.25, 0.3) is 0 Å². The van der Waals surface area contributed by atoms with Crippen molar-refractivity contribution in [3.05, 3.63) is 47.3 Å². The number of carbonyl (C=O) groups is 1. The summed E-state index contributed by atoms with van der Waals surface area (Å²) in [7, 11) is 0. The lowest BCUT2D eigenvalue weighted by Crippen LogP contribution is -2.35. The number of nitrogens with zero attached hydrogens (tertiary/aromatic N) is 2. The number of hydrogen-bond donors (Lipinski definition) is 0. The highest BCUT2D eigenvalue weighted by atomic mass is 16.5. The van der Waals surface area contributed by atoms with E-state index in [0.29, 0.717) is 11.3 Å². The molecule has 92 valence electrons. The number of aromatic nitrogens is 1. The molecule has 2 aromatic rings. The van der Waals surface area contributed by atoms with Crippen molar-refractivity contribution in [2.24, 2.45) is 0 Å². The minimum Gasteiger partial charge on any atom is -0.361 e. The van der Waals surface area contributed by atoms with E-state index in [4.69, 9.17) is 4.52 Å². The number of fused-ring (bicyclic) bond motifs is 1. The second-order valence-electron chi connectivity index (χ2n) is 4.48. The molecule has 4 heteroatoms. The van der Waals surface area contributed by atoms with Crippen LogP contribution in [0.15, 0.2) is 35.0 Å². The van der Waals surface area contributed by atoms with Gasteiger partial charge in [-0.1, -0.05) is 23.4 Å². The summed E-state index contributed by atoms with van der Waals surface area (Å²) in [5.74, 6) is 0.545. The first kappa shape index (κ1) is 11.0. The van der Waals surface area contributed by atoms with Crippen LogP contribution in [-0.2, 0) is 6.42 Å². The number of anilines is 1. The van der Waals surface area contributed by atoms with Crippen LogP contribution < -0.4 is 4.90 Å². The molecule has 18 heavy (non-hydrogen) atoms. The first-order chi connectivity index (χ1) is 8.77. The number of benzene rings is 1. The van der Waals surface area contributed by atoms with Crippen LogP contribution in [0, 0.1) is 6.92 Å². The highest BCUT2D eigenvalue weighted by Crippen LogP contribution is 2.28. The first-order valence-electron chi connectivity index (χ1n) is 6.08. The fourth-order valence-corrected chi connectivity index (χ4v) is 2.39. The zero-order valence-corrected chi connectivity index (χ0v) is 10.2. The smallest absolute Gasteiger partial charge is 0.263 e. The molecule has 4 nitrogen and oxygen atoms in total. The molecular formula is C14H14N2O2. The van der Waals surface area contributed by atoms with E-state index in [-0.39, 0.29) is 5.91 Å². The van der Waals surface area contributed by atoms with Crippen molar-refractivity contribution in [3.8, 4) is 0 Å². The largest absolute Gasteiger partial charge is 0.361 e. The fourth-order valence-electron chi connectivity index (χ4n) is 2.39. The third kappa shape index (κ3) is 1.70. The van der Waals surface area contributed by atoms with Gasteiger partial charge >= 0.3 is 0 Å². The minimum absolute atomic E-state index is 0.0269. The van der Waals surface area contributed by atoms with E-state index < -0.39 is 0 Å². The number of hydrogen-bond acceptors (Lipinski definition) is 3. The predicted octanol–water partition coefficient (Wildman–Crippen LogP) is 2.58. The van der Waals surface area contributed by atoms with E-state index in [1.807, 2.05) is 23.1 Å². The van der Waals surface area contributed by atoms with Crippen LogP contribution in [0.1, 0.15) is 28.1 Å². The van der Waals surface area contributed by atoms with Crippen molar-refractivity contribution >= 4 is 11.6 Å². The van der Waals surface area contributed by atoms with Gasteiger partial charge in [-0.05, 0) is 31.4 Å². The van der Waals surface area contributed by atoms with Crippen molar-refractivity contribution < 1.29 is 9.32 Å². The summed E-state index contributed by atoms with van der Waals surface area (Å²) in [5, 5.41) is 3.67. The van der Waals surface area contributed by atoms with E-state index in [0.717, 1.165) is 25.1 Å². The van der Waals surface area contributed by atoms with Gasteiger partial charge in [0.2, 0.25) is 0 Å². The van der Waals surface area contributed by atoms with Crippen LogP contribution >= 0.6 is 0 Å². The SMILES string of the molecule is Cc1oncc1C(=O)N1CCCc2ccccc21. The molecule has 1 aromatic carbocycles. The standard InChI is InChI=1S/C14H14N2O2/c1-10-12(9-15-18-10)14(17)16-8-4-6-11-5-2-3-7-13(11)16/h2-3,5,7,9H,4,6,8H2,1H3. The molecule has 3 rings (SSSR count). The second-order valence-corrected chi connectivity index (χ2v) is 4.48. The second kappa shape index (κ2) is 4.29. The van der Waals surface area contributed by atoms with Gasteiger partial charge in [0.05, 0.1) is 6.20 Å². The molecule has 0 saturated heterocycles. The Morgan fingerprint density at radius 1 is 1.39 bits per heavy atom. The molecule has 0 fully saturated rings. The monoisotopic (exact) mass is 242 g/mol. The number of amides is 1. The van der Waals surface area contributed by atoms with Gasteiger partial charge in [0.15, 0.2) is 0 Å². The Hall–Kier alpha value is -2.10. The van der Waals surface area contributed by atoms with Gasteiger partial charge < -0.3 is 9.42 Å². The molecule has 1 aliphatic rings. The number of para-hydroxylation sites is 1. The normalized spacial score (nSPS) is 14.4. The molecule has 0 atom stereocenters. The molecule has 1 amide bonds. The Bertz CT molecular complexity index is 589. The lowest BCUT2D eigenvalue weighted by atomic mass is 10.0. The van der Waals surface area contributed by atoms with E-state index >= 15 is 0 Å². The zero-order valence-electron chi connectivity index (χ0n) is 10.2. The maximum atomic E-state index is 12.5. The molecule has 0 spiro atoms. The Morgan fingerprint density at radius 2 is 2.22 bits per heavy atom. The predicted molar refractivity (Wildman–Crippen MR) is 67.7 cm³/mol. The van der Waals surface area contributed by atoms with E-state index in [9.17, 15) is 4.79 Å². The topological polar surface area (TPSA) is 46.3 Å². The van der Waals surface area contributed by atoms with Crippen LogP contribution in [0.4, 0.5) is 5.69 Å². The maximum absolute atomic E-state index is 12.5. The van der Waals surface area contributed by atoms with Crippen molar-refractivity contribution in [1.82, 2.24) is 5.16 Å². The van der Waals surface area contributed by atoms with E-state index in [1.54, 1.807) is 6.92 Å². The summed E-state index contributed by atoms with van der Waals surface area (Å²) >= 11 is 0. The molecular weight excluding hydrogens is 228 g/mol. The summed E-state index contributed by atoms with van der Waals surface area (Å²) < 4.78 is 4.97. The average Bonchev–Trinajstić information content (AvgIpc) is 2.83. The fraction of sp³-hybridized carbons (Fsp3) is 0.286. The molecule has 0 bridgehead atoms. The van der Waals surface area contributed by atoms with Gasteiger partial charge in [0.1, 0.15) is 11.3 Å². The summed E-state index contributed by atoms with van der Waals surface area (Å²) in [6, 6.07) is 8.05. The molecule has 0 aliphatic carbocycles. The van der Waals surface area contributed by atoms with Gasteiger partial charge in [-0.3, -0.25) is 4.79 Å². The molecule has 0 radical (unpaired) electrons. The highest BCUT2D eigenvalue weighted by Gasteiger charge is 2.25. The maximum Gasteiger partial charge on any atom is 0.263 e. The Kier molecular flexibility index (Phi) is 2.63. The van der Waals surface area contributed by atoms with Gasteiger partial charge in [-0.2, -0.15) is 0 Å². The third-order valence-corrected chi connectivity index (χ3v) is 3.34. The van der Waals surface area contributed by atoms with E-state index in [1.165, 1.54) is 11.8 Å². The van der Waals surface area contributed by atoms with Crippen LogP contribution in [0.5, 0.6) is 0 Å². The van der Waals surface area contributed by atoms with Gasteiger partial charge in [0, 0.05) is 12.2 Å². The lowest BCUT2D eigenvalue weighted by molar-refractivity contribution is 0.0983. The quantitative estimate of drug-likeness (QED) is 0.772. The van der Waals surface area contributed by atoms with Crippen molar-refractivity contribution in [1.29, 1.82) is 0 Å². The summed E-state index contributed by atoms with van der Waals surface area (Å²) in [4.78, 5) is 14.3. The highest BCUT2D eigenvalue weighted by molar-refractivity contribution is 6.07. The third-order valence-electron chi connectivity index (χ3n) is 3.34. The lowest BCUT2D eigenvalue weighted by Gasteiger charge is -2.29. The molecule has 0 unspecified atom stereocenters. The number of rotatable bonds is 1. The Balaban J connectivity index is 2.00. The van der Waals surface area contributed by atoms with Crippen LogP contribution in [-0.4, -0.2) is 17.6 Å². The van der Waals surface area contributed by atoms with E-state index in [2.05, 4.69) is 11.2 Å². The van der Waals surface area contributed by atoms with Crippen molar-refractivity contribution in [2.75, 3.05) is 11.4 Å².